The Hall–Kier alpha value is -6.88. The van der Waals surface area contributed by atoms with Gasteiger partial charge in [0.1, 0.15) is 23.3 Å². The Morgan fingerprint density at radius 3 is 2.47 bits per heavy atom. The summed E-state index contributed by atoms with van der Waals surface area (Å²) < 4.78 is 56.9. The van der Waals surface area contributed by atoms with Crippen LogP contribution in [0.5, 0.6) is 5.75 Å². The van der Waals surface area contributed by atoms with E-state index in [1.54, 1.807) is 12.1 Å². The summed E-state index contributed by atoms with van der Waals surface area (Å²) in [6.07, 6.45) is 5.57. The van der Waals surface area contributed by atoms with Gasteiger partial charge in [0.15, 0.2) is 5.82 Å². The van der Waals surface area contributed by atoms with E-state index in [0.29, 0.717) is 51.9 Å². The van der Waals surface area contributed by atoms with Crippen LogP contribution in [0.15, 0.2) is 36.5 Å². The molecule has 7 amide bonds. The van der Waals surface area contributed by atoms with Crippen molar-refractivity contribution in [3.05, 3.63) is 59.0 Å². The quantitative estimate of drug-likeness (QED) is 0.103. The van der Waals surface area contributed by atoms with Crippen molar-refractivity contribution in [2.75, 3.05) is 87.1 Å². The van der Waals surface area contributed by atoms with Crippen LogP contribution >= 0.6 is 0 Å². The van der Waals surface area contributed by atoms with Gasteiger partial charge in [0, 0.05) is 63.5 Å². The van der Waals surface area contributed by atoms with Crippen LogP contribution in [-0.4, -0.2) is 152 Å². The van der Waals surface area contributed by atoms with E-state index in [0.717, 1.165) is 28.7 Å². The summed E-state index contributed by atoms with van der Waals surface area (Å²) in [5, 5.41) is 13.6. The topological polar surface area (TPSA) is 237 Å². The second-order valence-corrected chi connectivity index (χ2v) is 17.3. The van der Waals surface area contributed by atoms with Crippen molar-refractivity contribution in [3.8, 4) is 5.75 Å². The highest BCUT2D eigenvalue weighted by Crippen LogP contribution is 2.40. The number of amides is 7. The van der Waals surface area contributed by atoms with Crippen LogP contribution in [0.25, 0.3) is 0 Å². The fourth-order valence-electron chi connectivity index (χ4n) is 9.24. The second-order valence-electron chi connectivity index (χ2n) is 17.3. The van der Waals surface area contributed by atoms with Gasteiger partial charge in [-0.05, 0) is 50.3 Å². The molecule has 1 saturated carbocycles. The summed E-state index contributed by atoms with van der Waals surface area (Å²) in [5.74, 6) is -9.14. The normalized spacial score (nSPS) is 19.9. The number of anilines is 5. The summed E-state index contributed by atoms with van der Waals surface area (Å²) in [6, 6.07) is 5.36. The van der Waals surface area contributed by atoms with E-state index in [2.05, 4.69) is 41.5 Å². The molecule has 0 radical (unpaired) electrons. The number of likely N-dealkylation sites (tertiary alicyclic amines) is 1. The number of ether oxygens (including phenoxy) is 2. The lowest BCUT2D eigenvalue weighted by atomic mass is 10.0. The molecule has 5 heterocycles. The van der Waals surface area contributed by atoms with Crippen LogP contribution in [0.3, 0.4) is 0 Å². The minimum atomic E-state index is -3.65. The Balaban J connectivity index is 0.758. The van der Waals surface area contributed by atoms with Gasteiger partial charge < -0.3 is 45.4 Å². The number of imide groups is 2. The Kier molecular flexibility index (Phi) is 14.1. The standard InChI is InChI=1S/C45H52F3N11O9/c1-56-33-22-51-44(55-38(33)58(26-6-3-4-7-26)24-45(47,48)43(56)66)53-31-21-29(46)28(20-34(31)67-2)39(62)52-25-12-15-57(16-13-25)17-19-68-18-14-49-36(61)23-50-30-9-5-8-27-37(30)42(65)59(41(27)64)32-10-11-35(60)54-40(32)63/h5,8-9,20-22,25-26,32,50H,3-4,6-7,10-19,23-24H2,1-2H3,(H,49,61)(H,52,62)(H,51,53,55)(H,54,60,63). The van der Waals surface area contributed by atoms with Crippen LogP contribution in [0.1, 0.15) is 82.4 Å². The molecule has 3 aromatic rings. The highest BCUT2D eigenvalue weighted by Gasteiger charge is 2.49. The summed E-state index contributed by atoms with van der Waals surface area (Å²) in [4.78, 5) is 103. The van der Waals surface area contributed by atoms with Crippen molar-refractivity contribution in [2.45, 2.75) is 75.4 Å². The first-order chi connectivity index (χ1) is 32.6. The number of rotatable bonds is 16. The number of benzene rings is 2. The zero-order chi connectivity index (χ0) is 48.3. The van der Waals surface area contributed by atoms with Crippen LogP contribution in [0.4, 0.5) is 42.0 Å². The SMILES string of the molecule is COc1cc(C(=O)NC2CCN(CCOCCNC(=O)CNc3cccc4c3C(=O)N(C3CCC(=O)NC3=O)C4=O)CC2)c(F)cc1Nc1ncc2c(n1)N(C1CCCC1)CC(F)(F)C(=O)N2C. The van der Waals surface area contributed by atoms with Gasteiger partial charge in [0.05, 0.1) is 62.0 Å². The molecule has 2 aromatic carbocycles. The predicted octanol–water partition coefficient (Wildman–Crippen LogP) is 2.57. The van der Waals surface area contributed by atoms with Gasteiger partial charge in [-0.1, -0.05) is 18.9 Å². The Labute approximate surface area is 388 Å². The van der Waals surface area contributed by atoms with Crippen molar-refractivity contribution < 1.29 is 56.2 Å². The number of halogens is 3. The maximum Gasteiger partial charge on any atom is 0.342 e. The Bertz CT molecular complexity index is 2500. The number of carbonyl (C=O) groups excluding carboxylic acids is 7. The molecule has 3 fully saturated rings. The molecule has 8 rings (SSSR count). The summed E-state index contributed by atoms with van der Waals surface area (Å²) in [7, 11) is 2.61. The fraction of sp³-hybridized carbons (Fsp3) is 0.489. The summed E-state index contributed by atoms with van der Waals surface area (Å²) >= 11 is 0. The van der Waals surface area contributed by atoms with Crippen molar-refractivity contribution in [3.63, 3.8) is 0 Å². The van der Waals surface area contributed by atoms with Crippen molar-refractivity contribution >= 4 is 70.2 Å². The number of piperidine rings is 2. The van der Waals surface area contributed by atoms with Gasteiger partial charge in [-0.25, -0.2) is 9.37 Å². The number of fused-ring (bicyclic) bond motifs is 2. The van der Waals surface area contributed by atoms with Gasteiger partial charge in [-0.2, -0.15) is 13.8 Å². The number of methoxy groups -OCH3 is 1. The molecule has 2 saturated heterocycles. The lowest BCUT2D eigenvalue weighted by molar-refractivity contribution is -0.140. The van der Waals surface area contributed by atoms with Crippen LogP contribution < -0.4 is 41.1 Å². The van der Waals surface area contributed by atoms with Crippen molar-refractivity contribution in [1.29, 1.82) is 0 Å². The van der Waals surface area contributed by atoms with Crippen LogP contribution in [0.2, 0.25) is 0 Å². The number of hydrogen-bond donors (Lipinski definition) is 5. The molecule has 1 unspecified atom stereocenters. The predicted molar refractivity (Wildman–Crippen MR) is 239 cm³/mol. The minimum absolute atomic E-state index is 0.0000804. The first-order valence-electron chi connectivity index (χ1n) is 22.5. The molecule has 1 aliphatic carbocycles. The molecule has 1 atom stereocenters. The van der Waals surface area contributed by atoms with Crippen molar-refractivity contribution in [1.82, 2.24) is 35.7 Å². The van der Waals surface area contributed by atoms with E-state index in [4.69, 9.17) is 9.47 Å². The third kappa shape index (κ3) is 10.0. The number of hydrogen-bond acceptors (Lipinski definition) is 15. The molecule has 4 aliphatic heterocycles. The second kappa shape index (κ2) is 20.1. The molecule has 23 heteroatoms. The van der Waals surface area contributed by atoms with E-state index in [9.17, 15) is 33.6 Å². The van der Waals surface area contributed by atoms with Crippen LogP contribution in [-0.2, 0) is 23.9 Å². The average Bonchev–Trinajstić information content (AvgIpc) is 3.93. The third-order valence-electron chi connectivity index (χ3n) is 12.9. The third-order valence-corrected chi connectivity index (χ3v) is 12.9. The van der Waals surface area contributed by atoms with E-state index in [1.807, 2.05) is 0 Å². The molecule has 1 aromatic heterocycles. The summed E-state index contributed by atoms with van der Waals surface area (Å²) in [6.45, 7) is 1.69. The number of nitrogens with one attached hydrogen (secondary N) is 5. The molecule has 5 aliphatic rings. The van der Waals surface area contributed by atoms with Crippen molar-refractivity contribution in [2.24, 2.45) is 0 Å². The minimum Gasteiger partial charge on any atom is -0.495 e. The highest BCUT2D eigenvalue weighted by atomic mass is 19.3. The fourth-order valence-corrected chi connectivity index (χ4v) is 9.24. The largest absolute Gasteiger partial charge is 0.495 e. The lowest BCUT2D eigenvalue weighted by Crippen LogP contribution is -2.54. The Morgan fingerprint density at radius 1 is 0.971 bits per heavy atom. The molecule has 0 spiro atoms. The van der Waals surface area contributed by atoms with E-state index in [-0.39, 0.29) is 102 Å². The van der Waals surface area contributed by atoms with Gasteiger partial charge in [-0.15, -0.1) is 0 Å². The smallest absolute Gasteiger partial charge is 0.342 e. The van der Waals surface area contributed by atoms with Gasteiger partial charge in [0.25, 0.3) is 23.6 Å². The lowest BCUT2D eigenvalue weighted by Gasteiger charge is -2.32. The van der Waals surface area contributed by atoms with Gasteiger partial charge >= 0.3 is 5.92 Å². The molecule has 362 valence electrons. The Morgan fingerprint density at radius 2 is 1.74 bits per heavy atom. The monoisotopic (exact) mass is 947 g/mol. The van der Waals surface area contributed by atoms with E-state index < -0.39 is 59.8 Å². The molecule has 68 heavy (non-hydrogen) atoms. The highest BCUT2D eigenvalue weighted by molar-refractivity contribution is 6.25. The number of aromatic nitrogens is 2. The maximum atomic E-state index is 15.6. The van der Waals surface area contributed by atoms with Gasteiger partial charge in [0.2, 0.25) is 23.7 Å². The maximum absolute atomic E-state index is 15.6. The van der Waals surface area contributed by atoms with Gasteiger partial charge in [-0.3, -0.25) is 43.8 Å². The first-order valence-corrected chi connectivity index (χ1v) is 22.5. The van der Waals surface area contributed by atoms with E-state index in [1.165, 1.54) is 37.4 Å². The first kappa shape index (κ1) is 47.6. The summed E-state index contributed by atoms with van der Waals surface area (Å²) in [5.41, 5.74) is 0.392. The molecule has 0 bridgehead atoms. The number of carbonyl (C=O) groups is 7. The number of nitrogens with zero attached hydrogens (tertiary/aromatic N) is 6. The zero-order valence-corrected chi connectivity index (χ0v) is 37.5. The molecular formula is C45H52F3N11O9. The average molecular weight is 948 g/mol. The van der Waals surface area contributed by atoms with E-state index >= 15 is 13.2 Å². The van der Waals surface area contributed by atoms with Crippen LogP contribution in [0, 0.1) is 5.82 Å². The molecule has 20 nitrogen and oxygen atoms in total. The molecular weight excluding hydrogens is 896 g/mol. The molecule has 5 N–H and O–H groups in total. The zero-order valence-electron chi connectivity index (χ0n) is 37.5. The number of alkyl halides is 2.